The summed E-state index contributed by atoms with van der Waals surface area (Å²) in [4.78, 5) is 0. The van der Waals surface area contributed by atoms with Gasteiger partial charge in [-0.2, -0.15) is 0 Å². The third-order valence-corrected chi connectivity index (χ3v) is 1.60. The fourth-order valence-corrected chi connectivity index (χ4v) is 0.885. The van der Waals surface area contributed by atoms with Crippen molar-refractivity contribution in [2.75, 3.05) is 26.4 Å². The number of unbranched alkanes of at least 4 members (excludes halogenated alkanes) is 3. The van der Waals surface area contributed by atoms with Crippen molar-refractivity contribution in [1.29, 1.82) is 0 Å². The molecule has 0 spiro atoms. The largest absolute Gasteiger partial charge is 0.394 e. The topological polar surface area (TPSA) is 69.9 Å². The van der Waals surface area contributed by atoms with Gasteiger partial charge in [-0.1, -0.05) is 26.2 Å². The van der Waals surface area contributed by atoms with Gasteiger partial charge < -0.3 is 20.1 Å². The Balaban J connectivity index is 0. The molecule has 0 fully saturated rings. The second kappa shape index (κ2) is 16.3. The maximum Gasteiger partial charge on any atom is 0.0745 e. The van der Waals surface area contributed by atoms with Crippen LogP contribution in [0, 0.1) is 0 Å². The Morgan fingerprint density at radius 1 is 1.07 bits per heavy atom. The van der Waals surface area contributed by atoms with Crippen molar-refractivity contribution in [2.45, 2.75) is 45.6 Å². The first-order chi connectivity index (χ1) is 7.18. The minimum Gasteiger partial charge on any atom is -0.394 e. The summed E-state index contributed by atoms with van der Waals surface area (Å²) in [6.45, 7) is 4.96. The fraction of sp³-hybridized carbons (Fsp3) is 1.00. The molecular formula is C11H26O4. The molecule has 0 aromatic rings. The maximum atomic E-state index is 8.83. The molecule has 1 unspecified atom stereocenters. The molecule has 0 aromatic carbocycles. The first-order valence-electron chi connectivity index (χ1n) is 5.66. The van der Waals surface area contributed by atoms with Crippen molar-refractivity contribution >= 4 is 0 Å². The van der Waals surface area contributed by atoms with E-state index in [9.17, 15) is 0 Å². The molecule has 0 radical (unpaired) electrons. The van der Waals surface area contributed by atoms with Crippen LogP contribution in [0.3, 0.4) is 0 Å². The standard InChI is InChI=1S/C9H20O2.C2H6O2/c1-3-4-5-6-7-11-8-9(2)10;3-1-2-4/h9-10H,3-8H2,1-2H3;3-4H,1-2H2. The normalized spacial score (nSPS) is 11.8. The first kappa shape index (κ1) is 17.2. The number of hydrogen-bond acceptors (Lipinski definition) is 4. The molecular weight excluding hydrogens is 196 g/mol. The lowest BCUT2D eigenvalue weighted by Gasteiger charge is -2.05. The number of ether oxygens (including phenoxy) is 1. The Bertz CT molecular complexity index is 94.6. The lowest BCUT2D eigenvalue weighted by atomic mass is 10.2. The van der Waals surface area contributed by atoms with Gasteiger partial charge in [-0.3, -0.25) is 0 Å². The van der Waals surface area contributed by atoms with Crippen LogP contribution >= 0.6 is 0 Å². The molecule has 0 saturated heterocycles. The summed E-state index contributed by atoms with van der Waals surface area (Å²) in [6.07, 6.45) is 4.60. The highest BCUT2D eigenvalue weighted by molar-refractivity contribution is 4.43. The lowest BCUT2D eigenvalue weighted by Crippen LogP contribution is -2.10. The average Bonchev–Trinajstić information content (AvgIpc) is 2.23. The third-order valence-electron chi connectivity index (χ3n) is 1.60. The van der Waals surface area contributed by atoms with Crippen LogP contribution < -0.4 is 0 Å². The molecule has 0 aromatic heterocycles. The Morgan fingerprint density at radius 2 is 1.67 bits per heavy atom. The zero-order chi connectivity index (χ0) is 11.9. The predicted octanol–water partition coefficient (Wildman–Crippen LogP) is 0.935. The van der Waals surface area contributed by atoms with E-state index in [2.05, 4.69) is 6.92 Å². The lowest BCUT2D eigenvalue weighted by molar-refractivity contribution is 0.0445. The molecule has 4 heteroatoms. The van der Waals surface area contributed by atoms with Crippen LogP contribution in [0.1, 0.15) is 39.5 Å². The van der Waals surface area contributed by atoms with Crippen molar-refractivity contribution in [3.8, 4) is 0 Å². The van der Waals surface area contributed by atoms with Gasteiger partial charge in [-0.15, -0.1) is 0 Å². The van der Waals surface area contributed by atoms with E-state index in [-0.39, 0.29) is 19.3 Å². The number of aliphatic hydroxyl groups is 3. The molecule has 15 heavy (non-hydrogen) atoms. The zero-order valence-corrected chi connectivity index (χ0v) is 9.98. The average molecular weight is 222 g/mol. The summed E-state index contributed by atoms with van der Waals surface area (Å²) in [6, 6.07) is 0. The number of aliphatic hydroxyl groups excluding tert-OH is 3. The van der Waals surface area contributed by atoms with Crippen molar-refractivity contribution in [1.82, 2.24) is 0 Å². The molecule has 0 amide bonds. The van der Waals surface area contributed by atoms with Crippen LogP contribution in [-0.4, -0.2) is 47.9 Å². The molecule has 0 bridgehead atoms. The summed E-state index contributed by atoms with van der Waals surface area (Å²) in [5.74, 6) is 0. The molecule has 1 atom stereocenters. The van der Waals surface area contributed by atoms with E-state index in [1.807, 2.05) is 0 Å². The maximum absolute atomic E-state index is 8.83. The SMILES string of the molecule is CCCCCCOCC(C)O.OCCO. The summed E-state index contributed by atoms with van der Waals surface area (Å²) >= 11 is 0. The first-order valence-corrected chi connectivity index (χ1v) is 5.66. The second-order valence-corrected chi connectivity index (χ2v) is 3.43. The van der Waals surface area contributed by atoms with E-state index in [4.69, 9.17) is 20.1 Å². The van der Waals surface area contributed by atoms with E-state index >= 15 is 0 Å². The molecule has 94 valence electrons. The summed E-state index contributed by atoms with van der Waals surface area (Å²) in [5, 5.41) is 24.1. The molecule has 3 N–H and O–H groups in total. The predicted molar refractivity (Wildman–Crippen MR) is 60.8 cm³/mol. The van der Waals surface area contributed by atoms with Gasteiger partial charge in [0.25, 0.3) is 0 Å². The van der Waals surface area contributed by atoms with Gasteiger partial charge in [0, 0.05) is 6.61 Å². The van der Waals surface area contributed by atoms with E-state index < -0.39 is 0 Å². The Morgan fingerprint density at radius 3 is 2.07 bits per heavy atom. The van der Waals surface area contributed by atoms with Crippen molar-refractivity contribution in [2.24, 2.45) is 0 Å². The quantitative estimate of drug-likeness (QED) is 0.534. The number of rotatable bonds is 8. The van der Waals surface area contributed by atoms with Gasteiger partial charge in [0.05, 0.1) is 25.9 Å². The molecule has 4 nitrogen and oxygen atoms in total. The van der Waals surface area contributed by atoms with Crippen molar-refractivity contribution in [3.05, 3.63) is 0 Å². The molecule has 0 heterocycles. The Kier molecular flexibility index (Phi) is 18.7. The molecule has 0 aliphatic rings. The van der Waals surface area contributed by atoms with Gasteiger partial charge in [0.15, 0.2) is 0 Å². The number of hydrogen-bond donors (Lipinski definition) is 3. The molecule has 0 aliphatic carbocycles. The minimum atomic E-state index is -0.318. The van der Waals surface area contributed by atoms with Gasteiger partial charge >= 0.3 is 0 Å². The Hall–Kier alpha value is -0.160. The highest BCUT2D eigenvalue weighted by Crippen LogP contribution is 1.98. The van der Waals surface area contributed by atoms with Crippen LogP contribution in [-0.2, 0) is 4.74 Å². The third kappa shape index (κ3) is 24.8. The Labute approximate surface area is 92.9 Å². The highest BCUT2D eigenvalue weighted by atomic mass is 16.5. The summed E-state index contributed by atoms with van der Waals surface area (Å²) in [5.41, 5.74) is 0. The van der Waals surface area contributed by atoms with Gasteiger partial charge in [-0.05, 0) is 13.3 Å². The van der Waals surface area contributed by atoms with E-state index in [0.29, 0.717) is 6.61 Å². The molecule has 0 aliphatic heterocycles. The summed E-state index contributed by atoms with van der Waals surface area (Å²) in [7, 11) is 0. The summed E-state index contributed by atoms with van der Waals surface area (Å²) < 4.78 is 5.19. The van der Waals surface area contributed by atoms with Crippen LogP contribution in [0.2, 0.25) is 0 Å². The second-order valence-electron chi connectivity index (χ2n) is 3.43. The smallest absolute Gasteiger partial charge is 0.0745 e. The van der Waals surface area contributed by atoms with Gasteiger partial charge in [-0.25, -0.2) is 0 Å². The van der Waals surface area contributed by atoms with Crippen LogP contribution in [0.15, 0.2) is 0 Å². The highest BCUT2D eigenvalue weighted by Gasteiger charge is 1.94. The van der Waals surface area contributed by atoms with E-state index in [1.54, 1.807) is 6.92 Å². The monoisotopic (exact) mass is 222 g/mol. The van der Waals surface area contributed by atoms with E-state index in [1.165, 1.54) is 19.3 Å². The van der Waals surface area contributed by atoms with Crippen LogP contribution in [0.5, 0.6) is 0 Å². The van der Waals surface area contributed by atoms with Crippen LogP contribution in [0.4, 0.5) is 0 Å². The minimum absolute atomic E-state index is 0.125. The van der Waals surface area contributed by atoms with Crippen LogP contribution in [0.25, 0.3) is 0 Å². The molecule has 0 saturated carbocycles. The zero-order valence-electron chi connectivity index (χ0n) is 9.98. The van der Waals surface area contributed by atoms with Crippen molar-refractivity contribution < 1.29 is 20.1 Å². The van der Waals surface area contributed by atoms with Gasteiger partial charge in [0.1, 0.15) is 0 Å². The van der Waals surface area contributed by atoms with Gasteiger partial charge in [0.2, 0.25) is 0 Å². The van der Waals surface area contributed by atoms with Crippen molar-refractivity contribution in [3.63, 3.8) is 0 Å². The van der Waals surface area contributed by atoms with E-state index in [0.717, 1.165) is 13.0 Å². The molecule has 0 rings (SSSR count). The fourth-order valence-electron chi connectivity index (χ4n) is 0.885.